The number of carbonyl (C=O) groups is 1. The van der Waals surface area contributed by atoms with Crippen LogP contribution in [-0.4, -0.2) is 15.5 Å². The Kier molecular flexibility index (Phi) is 3.42. The van der Waals surface area contributed by atoms with Gasteiger partial charge in [0.25, 0.3) is 5.91 Å². The van der Waals surface area contributed by atoms with Crippen molar-refractivity contribution in [2.24, 2.45) is 5.73 Å². The van der Waals surface area contributed by atoms with E-state index in [-0.39, 0.29) is 5.91 Å². The van der Waals surface area contributed by atoms with Crippen molar-refractivity contribution in [3.63, 3.8) is 0 Å². The zero-order valence-corrected chi connectivity index (χ0v) is 10.0. The molecule has 0 saturated carbocycles. The number of rotatable bonds is 5. The van der Waals surface area contributed by atoms with Crippen LogP contribution in [0.15, 0.2) is 24.5 Å². The number of amides is 1. The summed E-state index contributed by atoms with van der Waals surface area (Å²) >= 11 is 0. The van der Waals surface area contributed by atoms with E-state index in [1.165, 1.54) is 0 Å². The molecule has 2 aromatic rings. The maximum absolute atomic E-state index is 11.4. The summed E-state index contributed by atoms with van der Waals surface area (Å²) < 4.78 is 2.00. The monoisotopic (exact) mass is 231 g/mol. The largest absolute Gasteiger partial charge is 0.364 e. The molecule has 0 aliphatic rings. The minimum Gasteiger partial charge on any atom is -0.364 e. The molecule has 4 nitrogen and oxygen atoms in total. The number of aryl methyl sites for hydroxylation is 1. The average Bonchev–Trinajstić information content (AvgIpc) is 2.69. The Balaban J connectivity index is 2.41. The van der Waals surface area contributed by atoms with Crippen molar-refractivity contribution in [2.45, 2.75) is 32.7 Å². The van der Waals surface area contributed by atoms with Crippen molar-refractivity contribution in [3.8, 4) is 0 Å². The lowest BCUT2D eigenvalue weighted by atomic mass is 10.2. The van der Waals surface area contributed by atoms with Crippen molar-refractivity contribution in [1.82, 2.24) is 9.55 Å². The predicted octanol–water partition coefficient (Wildman–Crippen LogP) is 2.33. The molecule has 0 spiro atoms. The van der Waals surface area contributed by atoms with Gasteiger partial charge in [-0.1, -0.05) is 19.8 Å². The van der Waals surface area contributed by atoms with Crippen LogP contribution < -0.4 is 5.73 Å². The van der Waals surface area contributed by atoms with Crippen LogP contribution >= 0.6 is 0 Å². The molecule has 0 fully saturated rings. The van der Waals surface area contributed by atoms with Gasteiger partial charge < -0.3 is 10.3 Å². The third-order valence-corrected chi connectivity index (χ3v) is 2.94. The van der Waals surface area contributed by atoms with Crippen molar-refractivity contribution in [2.75, 3.05) is 0 Å². The molecule has 17 heavy (non-hydrogen) atoms. The Hall–Kier alpha value is -1.84. The molecule has 0 aromatic carbocycles. The second kappa shape index (κ2) is 4.99. The van der Waals surface area contributed by atoms with Crippen molar-refractivity contribution >= 4 is 16.8 Å². The first-order valence-electron chi connectivity index (χ1n) is 5.97. The highest BCUT2D eigenvalue weighted by molar-refractivity contribution is 5.97. The summed E-state index contributed by atoms with van der Waals surface area (Å²) in [4.78, 5) is 15.5. The lowest BCUT2D eigenvalue weighted by Crippen LogP contribution is -2.16. The number of nitrogens with zero attached hydrogens (tertiary/aromatic N) is 2. The predicted molar refractivity (Wildman–Crippen MR) is 67.8 cm³/mol. The fourth-order valence-electron chi connectivity index (χ4n) is 2.08. The maximum atomic E-state index is 11.4. The topological polar surface area (TPSA) is 60.9 Å². The second-order valence-electron chi connectivity index (χ2n) is 4.19. The van der Waals surface area contributed by atoms with Gasteiger partial charge in [-0.25, -0.2) is 0 Å². The molecular formula is C13H17N3O. The lowest BCUT2D eigenvalue weighted by Gasteiger charge is -2.07. The molecule has 4 heteroatoms. The number of pyridine rings is 1. The molecule has 2 heterocycles. The number of aromatic nitrogens is 2. The number of hydrogen-bond acceptors (Lipinski definition) is 2. The molecule has 0 saturated heterocycles. The van der Waals surface area contributed by atoms with Gasteiger partial charge >= 0.3 is 0 Å². The van der Waals surface area contributed by atoms with Gasteiger partial charge in [0.15, 0.2) is 0 Å². The van der Waals surface area contributed by atoms with Crippen molar-refractivity contribution in [1.29, 1.82) is 0 Å². The van der Waals surface area contributed by atoms with Gasteiger partial charge in [0.1, 0.15) is 5.69 Å². The quantitative estimate of drug-likeness (QED) is 0.803. The van der Waals surface area contributed by atoms with Gasteiger partial charge in [-0.2, -0.15) is 0 Å². The van der Waals surface area contributed by atoms with Crippen molar-refractivity contribution < 1.29 is 4.79 Å². The maximum Gasteiger partial charge on any atom is 0.265 e. The van der Waals surface area contributed by atoms with Crippen LogP contribution in [0, 0.1) is 0 Å². The van der Waals surface area contributed by atoms with Gasteiger partial charge in [-0.15, -0.1) is 0 Å². The first-order valence-corrected chi connectivity index (χ1v) is 5.97. The summed E-state index contributed by atoms with van der Waals surface area (Å²) in [6.45, 7) is 2.99. The highest BCUT2D eigenvalue weighted by Crippen LogP contribution is 2.19. The summed E-state index contributed by atoms with van der Waals surface area (Å²) in [5.74, 6) is -0.377. The fraction of sp³-hybridized carbons (Fsp3) is 0.385. The molecular weight excluding hydrogens is 214 g/mol. The van der Waals surface area contributed by atoms with Crippen LogP contribution in [0.3, 0.4) is 0 Å². The molecule has 1 amide bonds. The minimum atomic E-state index is -0.377. The third-order valence-electron chi connectivity index (χ3n) is 2.94. The number of fused-ring (bicyclic) bond motifs is 1. The highest BCUT2D eigenvalue weighted by Gasteiger charge is 2.12. The number of primary amides is 1. The van der Waals surface area contributed by atoms with Gasteiger partial charge in [-0.05, 0) is 18.6 Å². The van der Waals surface area contributed by atoms with E-state index in [2.05, 4.69) is 11.9 Å². The zero-order valence-electron chi connectivity index (χ0n) is 10.0. The van der Waals surface area contributed by atoms with E-state index in [0.29, 0.717) is 5.69 Å². The highest BCUT2D eigenvalue weighted by atomic mass is 16.1. The summed E-state index contributed by atoms with van der Waals surface area (Å²) in [6.07, 6.45) is 6.88. The normalized spacial score (nSPS) is 10.9. The van der Waals surface area contributed by atoms with Gasteiger partial charge in [0.2, 0.25) is 0 Å². The Labute approximate surface area is 100 Å². The standard InChI is InChI=1S/C13H17N3O/c1-2-3-4-7-16-11-5-6-15-9-10(11)8-12(16)13(14)17/h5-6,8-9H,2-4,7H2,1H3,(H2,14,17). The zero-order chi connectivity index (χ0) is 12.3. The van der Waals surface area contributed by atoms with Crippen LogP contribution in [0.1, 0.15) is 36.7 Å². The van der Waals surface area contributed by atoms with E-state index in [0.717, 1.165) is 36.7 Å². The third kappa shape index (κ3) is 2.30. The summed E-state index contributed by atoms with van der Waals surface area (Å²) in [5, 5.41) is 0.970. The van der Waals surface area contributed by atoms with E-state index in [1.807, 2.05) is 16.7 Å². The molecule has 0 atom stereocenters. The van der Waals surface area contributed by atoms with E-state index in [4.69, 9.17) is 5.73 Å². The number of nitrogens with two attached hydrogens (primary N) is 1. The minimum absolute atomic E-state index is 0.377. The van der Waals surface area contributed by atoms with Gasteiger partial charge in [-0.3, -0.25) is 9.78 Å². The SMILES string of the molecule is CCCCCn1c(C(N)=O)cc2cnccc21. The van der Waals surface area contributed by atoms with Crippen LogP contribution in [0.25, 0.3) is 10.9 Å². The fourth-order valence-corrected chi connectivity index (χ4v) is 2.08. The molecule has 2 rings (SSSR count). The molecule has 0 aliphatic heterocycles. The van der Waals surface area contributed by atoms with Crippen molar-refractivity contribution in [3.05, 3.63) is 30.2 Å². The second-order valence-corrected chi connectivity index (χ2v) is 4.19. The average molecular weight is 231 g/mol. The van der Waals surface area contributed by atoms with Crippen LogP contribution in [-0.2, 0) is 6.54 Å². The summed E-state index contributed by atoms with van der Waals surface area (Å²) in [7, 11) is 0. The Morgan fingerprint density at radius 3 is 3.00 bits per heavy atom. The summed E-state index contributed by atoms with van der Waals surface area (Å²) in [5.41, 5.74) is 7.01. The smallest absolute Gasteiger partial charge is 0.265 e. The van der Waals surface area contributed by atoms with Crippen LogP contribution in [0.2, 0.25) is 0 Å². The molecule has 0 unspecified atom stereocenters. The Morgan fingerprint density at radius 2 is 2.29 bits per heavy atom. The number of unbranched alkanes of at least 4 members (excludes halogenated alkanes) is 2. The molecule has 0 radical (unpaired) electrons. The number of hydrogen-bond donors (Lipinski definition) is 1. The first-order chi connectivity index (χ1) is 8.24. The van der Waals surface area contributed by atoms with E-state index < -0.39 is 0 Å². The Morgan fingerprint density at radius 1 is 1.47 bits per heavy atom. The van der Waals surface area contributed by atoms with Crippen LogP contribution in [0.5, 0.6) is 0 Å². The van der Waals surface area contributed by atoms with Gasteiger partial charge in [0.05, 0.1) is 5.52 Å². The van der Waals surface area contributed by atoms with Crippen LogP contribution in [0.4, 0.5) is 0 Å². The first kappa shape index (κ1) is 11.6. The lowest BCUT2D eigenvalue weighted by molar-refractivity contribution is 0.0991. The molecule has 0 aliphatic carbocycles. The van der Waals surface area contributed by atoms with E-state index in [1.54, 1.807) is 12.4 Å². The molecule has 90 valence electrons. The summed E-state index contributed by atoms with van der Waals surface area (Å²) in [6, 6.07) is 3.74. The molecule has 2 N–H and O–H groups in total. The molecule has 2 aromatic heterocycles. The van der Waals surface area contributed by atoms with E-state index >= 15 is 0 Å². The molecule has 0 bridgehead atoms. The number of carbonyl (C=O) groups excluding carboxylic acids is 1. The van der Waals surface area contributed by atoms with Gasteiger partial charge in [0, 0.05) is 24.3 Å². The Bertz CT molecular complexity index is 530. The van der Waals surface area contributed by atoms with E-state index in [9.17, 15) is 4.79 Å².